The van der Waals surface area contributed by atoms with Crippen molar-refractivity contribution in [3.8, 4) is 17.0 Å². The van der Waals surface area contributed by atoms with Crippen molar-refractivity contribution in [2.45, 2.75) is 48.9 Å². The van der Waals surface area contributed by atoms with Gasteiger partial charge in [-0.1, -0.05) is 37.8 Å². The summed E-state index contributed by atoms with van der Waals surface area (Å²) in [5, 5.41) is 0.566. The van der Waals surface area contributed by atoms with Crippen LogP contribution in [0.3, 0.4) is 0 Å². The number of fused-ring (bicyclic) bond motifs is 1. The minimum absolute atomic E-state index is 0.00123. The molecule has 0 bridgehead atoms. The van der Waals surface area contributed by atoms with Crippen LogP contribution in [-0.2, 0) is 0 Å². The van der Waals surface area contributed by atoms with Crippen molar-refractivity contribution >= 4 is 34.5 Å². The predicted octanol–water partition coefficient (Wildman–Crippen LogP) is 7.55. The van der Waals surface area contributed by atoms with E-state index in [0.717, 1.165) is 12.8 Å². The van der Waals surface area contributed by atoms with Crippen LogP contribution in [0.2, 0.25) is 0 Å². The molecule has 178 valence electrons. The lowest BCUT2D eigenvalue weighted by Crippen LogP contribution is -2.04. The number of hydrogen-bond donors (Lipinski definition) is 0. The van der Waals surface area contributed by atoms with Crippen molar-refractivity contribution < 1.29 is 22.3 Å². The third kappa shape index (κ3) is 8.30. The normalized spacial score (nSPS) is 11.8. The zero-order chi connectivity index (χ0) is 23.7. The minimum Gasteiger partial charge on any atom is -0.478 e. The highest BCUT2D eigenvalue weighted by Gasteiger charge is 2.29. The van der Waals surface area contributed by atoms with E-state index >= 15 is 0 Å². The number of rotatable bonds is 12. The fourth-order valence-electron chi connectivity index (χ4n) is 3.37. The van der Waals surface area contributed by atoms with Gasteiger partial charge in [-0.15, -0.1) is 0 Å². The van der Waals surface area contributed by atoms with Gasteiger partial charge in [0, 0.05) is 22.5 Å². The summed E-state index contributed by atoms with van der Waals surface area (Å²) in [5.41, 5.74) is -4.17. The first-order valence-corrected chi connectivity index (χ1v) is 13.0. The summed E-state index contributed by atoms with van der Waals surface area (Å²) in [4.78, 5) is 16.8. The Morgan fingerprint density at radius 1 is 1.03 bits per heavy atom. The van der Waals surface area contributed by atoms with E-state index in [1.54, 1.807) is 18.2 Å². The Morgan fingerprint density at radius 2 is 1.79 bits per heavy atom. The summed E-state index contributed by atoms with van der Waals surface area (Å²) >= 11 is 1.66. The van der Waals surface area contributed by atoms with Gasteiger partial charge in [-0.25, -0.2) is 9.78 Å². The third-order valence-electron chi connectivity index (χ3n) is 4.96. The second-order valence-electron chi connectivity index (χ2n) is 7.55. The van der Waals surface area contributed by atoms with E-state index in [9.17, 15) is 18.0 Å². The summed E-state index contributed by atoms with van der Waals surface area (Å²) in [7, 11) is 0. The average molecular weight is 498 g/mol. The van der Waals surface area contributed by atoms with Crippen LogP contribution < -0.4 is 10.4 Å². The summed E-state index contributed by atoms with van der Waals surface area (Å²) in [6, 6.07) is 8.87. The van der Waals surface area contributed by atoms with Crippen molar-refractivity contribution in [1.29, 1.82) is 0 Å². The van der Waals surface area contributed by atoms with E-state index < -0.39 is 11.1 Å². The molecule has 4 nitrogen and oxygen atoms in total. The monoisotopic (exact) mass is 497 g/mol. The first-order chi connectivity index (χ1) is 15.9. The van der Waals surface area contributed by atoms with Crippen molar-refractivity contribution in [1.82, 2.24) is 4.98 Å². The molecule has 0 unspecified atom stereocenters. The standard InChI is InChI=1S/C24H26F3NO3S2/c1-32-12-7-5-3-2-4-6-11-30-22-15-21-18(16-28-22)14-20(23(29)31-21)17-9-8-10-19(13-17)33-24(25,26)27/h8-10,13-16H,2-7,11-12H2,1H3. The zero-order valence-electron chi connectivity index (χ0n) is 18.3. The smallest absolute Gasteiger partial charge is 0.446 e. The molecule has 0 N–H and O–H groups in total. The Bertz CT molecular complexity index is 1100. The number of benzene rings is 1. The topological polar surface area (TPSA) is 52.3 Å². The van der Waals surface area contributed by atoms with Crippen LogP contribution in [0.5, 0.6) is 5.88 Å². The Balaban J connectivity index is 1.60. The van der Waals surface area contributed by atoms with Crippen LogP contribution in [0.4, 0.5) is 13.2 Å². The number of aromatic nitrogens is 1. The van der Waals surface area contributed by atoms with Crippen LogP contribution in [0.1, 0.15) is 38.5 Å². The molecular formula is C24H26F3NO3S2. The lowest BCUT2D eigenvalue weighted by Gasteiger charge is -2.08. The molecule has 0 amide bonds. The SMILES string of the molecule is CSCCCCCCCCOc1cc2oc(=O)c(-c3cccc(SC(F)(F)F)c3)cc2cn1. The maximum Gasteiger partial charge on any atom is 0.446 e. The van der Waals surface area contributed by atoms with E-state index in [2.05, 4.69) is 11.2 Å². The number of thioether (sulfide) groups is 2. The highest BCUT2D eigenvalue weighted by atomic mass is 32.2. The number of nitrogens with zero attached hydrogens (tertiary/aromatic N) is 1. The van der Waals surface area contributed by atoms with Gasteiger partial charge in [-0.3, -0.25) is 0 Å². The fraction of sp³-hybridized carbons (Fsp3) is 0.417. The molecule has 1 aromatic carbocycles. The van der Waals surface area contributed by atoms with Gasteiger partial charge in [0.15, 0.2) is 0 Å². The number of unbranched alkanes of at least 4 members (excludes halogenated alkanes) is 5. The zero-order valence-corrected chi connectivity index (χ0v) is 20.0. The van der Waals surface area contributed by atoms with Crippen molar-refractivity contribution in [2.24, 2.45) is 0 Å². The maximum absolute atomic E-state index is 12.7. The molecule has 0 aliphatic rings. The molecule has 0 fully saturated rings. The summed E-state index contributed by atoms with van der Waals surface area (Å²) < 4.78 is 49.1. The number of halogens is 3. The largest absolute Gasteiger partial charge is 0.478 e. The molecule has 3 rings (SSSR count). The Labute approximate surface area is 199 Å². The van der Waals surface area contributed by atoms with E-state index in [4.69, 9.17) is 9.15 Å². The van der Waals surface area contributed by atoms with E-state index in [1.165, 1.54) is 55.8 Å². The summed E-state index contributed by atoms with van der Waals surface area (Å²) in [5.74, 6) is 1.60. The molecule has 0 aliphatic heterocycles. The number of hydrogen-bond acceptors (Lipinski definition) is 6. The minimum atomic E-state index is -4.40. The molecule has 0 spiro atoms. The van der Waals surface area contributed by atoms with Gasteiger partial charge < -0.3 is 9.15 Å². The molecule has 2 heterocycles. The van der Waals surface area contributed by atoms with Crippen molar-refractivity contribution in [3.63, 3.8) is 0 Å². The summed E-state index contributed by atoms with van der Waals surface area (Å²) in [6.07, 6.45) is 10.6. The van der Waals surface area contributed by atoms with Crippen LogP contribution in [0, 0.1) is 0 Å². The van der Waals surface area contributed by atoms with Gasteiger partial charge in [-0.05, 0) is 60.4 Å². The van der Waals surface area contributed by atoms with Crippen LogP contribution in [0.25, 0.3) is 22.1 Å². The number of ether oxygens (including phenoxy) is 1. The molecule has 0 radical (unpaired) electrons. The van der Waals surface area contributed by atoms with Crippen LogP contribution >= 0.6 is 23.5 Å². The van der Waals surface area contributed by atoms with Gasteiger partial charge in [0.05, 0.1) is 12.2 Å². The molecule has 33 heavy (non-hydrogen) atoms. The second kappa shape index (κ2) is 12.4. The predicted molar refractivity (Wildman–Crippen MR) is 129 cm³/mol. The van der Waals surface area contributed by atoms with E-state index in [-0.39, 0.29) is 22.2 Å². The highest BCUT2D eigenvalue weighted by Crippen LogP contribution is 2.38. The molecule has 9 heteroatoms. The molecule has 3 aromatic rings. The maximum atomic E-state index is 12.7. The quantitative estimate of drug-likeness (QED) is 0.190. The summed E-state index contributed by atoms with van der Waals surface area (Å²) in [6.45, 7) is 0.537. The number of pyridine rings is 1. The molecule has 2 aromatic heterocycles. The fourth-order valence-corrected chi connectivity index (χ4v) is 4.46. The first-order valence-electron chi connectivity index (χ1n) is 10.8. The molecular weight excluding hydrogens is 471 g/mol. The second-order valence-corrected chi connectivity index (χ2v) is 9.67. The molecule has 0 aliphatic carbocycles. The van der Waals surface area contributed by atoms with Crippen LogP contribution in [0.15, 0.2) is 56.7 Å². The molecule has 0 saturated heterocycles. The first kappa shape index (κ1) is 25.5. The van der Waals surface area contributed by atoms with E-state index in [0.29, 0.717) is 29.0 Å². The lowest BCUT2D eigenvalue weighted by molar-refractivity contribution is -0.0328. The van der Waals surface area contributed by atoms with Gasteiger partial charge in [0.25, 0.3) is 0 Å². The Hall–Kier alpha value is -2.13. The van der Waals surface area contributed by atoms with Gasteiger partial charge >= 0.3 is 11.1 Å². The third-order valence-corrected chi connectivity index (χ3v) is 6.38. The average Bonchev–Trinajstić information content (AvgIpc) is 2.76. The van der Waals surface area contributed by atoms with Crippen molar-refractivity contribution in [3.05, 3.63) is 53.0 Å². The highest BCUT2D eigenvalue weighted by molar-refractivity contribution is 8.00. The molecule has 0 saturated carbocycles. The Kier molecular flexibility index (Phi) is 9.55. The molecule has 0 atom stereocenters. The lowest BCUT2D eigenvalue weighted by atomic mass is 10.1. The van der Waals surface area contributed by atoms with Crippen LogP contribution in [-0.4, -0.2) is 29.1 Å². The Morgan fingerprint density at radius 3 is 2.55 bits per heavy atom. The van der Waals surface area contributed by atoms with E-state index in [1.807, 2.05) is 11.8 Å². The van der Waals surface area contributed by atoms with Gasteiger partial charge in [-0.2, -0.15) is 24.9 Å². The number of alkyl halides is 3. The van der Waals surface area contributed by atoms with Crippen molar-refractivity contribution in [2.75, 3.05) is 18.6 Å². The van der Waals surface area contributed by atoms with Gasteiger partial charge in [0.2, 0.25) is 5.88 Å². The van der Waals surface area contributed by atoms with Gasteiger partial charge in [0.1, 0.15) is 5.58 Å².